The topological polar surface area (TPSA) is 69.2 Å². The van der Waals surface area contributed by atoms with Gasteiger partial charge in [-0.2, -0.15) is 0 Å². The van der Waals surface area contributed by atoms with E-state index < -0.39 is 4.92 Å². The normalized spacial score (nSPS) is 10.9. The highest BCUT2D eigenvalue weighted by atomic mass is 16.6. The Kier molecular flexibility index (Phi) is 3.52. The van der Waals surface area contributed by atoms with Crippen molar-refractivity contribution in [2.45, 2.75) is 13.3 Å². The molecule has 5 nitrogen and oxygen atoms in total. The molecule has 0 saturated carbocycles. The molecular formula is C13H12N2O3. The minimum Gasteiger partial charge on any atom is -0.354 e. The summed E-state index contributed by atoms with van der Waals surface area (Å²) < 4.78 is 4.82. The second-order valence-electron chi connectivity index (χ2n) is 3.82. The van der Waals surface area contributed by atoms with Gasteiger partial charge in [-0.1, -0.05) is 41.6 Å². The number of nitrogens with zero attached hydrogens (tertiary/aromatic N) is 2. The molecular weight excluding hydrogens is 232 g/mol. The van der Waals surface area contributed by atoms with Crippen LogP contribution in [0.4, 0.5) is 5.69 Å². The van der Waals surface area contributed by atoms with Gasteiger partial charge in [0.25, 0.3) is 0 Å². The van der Waals surface area contributed by atoms with Crippen LogP contribution < -0.4 is 0 Å². The van der Waals surface area contributed by atoms with Crippen molar-refractivity contribution in [2.24, 2.45) is 0 Å². The van der Waals surface area contributed by atoms with E-state index in [1.165, 1.54) is 6.92 Å². The molecule has 1 aromatic heterocycles. The minimum absolute atomic E-state index is 0.0701. The fourth-order valence-corrected chi connectivity index (χ4v) is 1.64. The maximum Gasteiger partial charge on any atom is 0.338 e. The fourth-order valence-electron chi connectivity index (χ4n) is 1.64. The lowest BCUT2D eigenvalue weighted by Gasteiger charge is -1.93. The van der Waals surface area contributed by atoms with Crippen molar-refractivity contribution in [1.82, 2.24) is 5.16 Å². The van der Waals surface area contributed by atoms with E-state index in [4.69, 9.17) is 4.52 Å². The number of aromatic nitrogens is 1. The molecule has 0 radical (unpaired) electrons. The summed E-state index contributed by atoms with van der Waals surface area (Å²) in [5.41, 5.74) is 1.32. The number of allylic oxidation sites excluding steroid dienone is 1. The van der Waals surface area contributed by atoms with Crippen LogP contribution in [0.1, 0.15) is 17.0 Å². The van der Waals surface area contributed by atoms with Crippen molar-refractivity contribution in [1.29, 1.82) is 0 Å². The van der Waals surface area contributed by atoms with Crippen molar-refractivity contribution < 1.29 is 9.45 Å². The lowest BCUT2D eigenvalue weighted by molar-refractivity contribution is -0.386. The van der Waals surface area contributed by atoms with Crippen molar-refractivity contribution in [3.05, 3.63) is 63.5 Å². The zero-order chi connectivity index (χ0) is 13.0. The third-order valence-corrected chi connectivity index (χ3v) is 2.51. The predicted octanol–water partition coefficient (Wildman–Crippen LogP) is 3.15. The second-order valence-corrected chi connectivity index (χ2v) is 3.82. The smallest absolute Gasteiger partial charge is 0.338 e. The van der Waals surface area contributed by atoms with Crippen LogP contribution >= 0.6 is 0 Å². The summed E-state index contributed by atoms with van der Waals surface area (Å²) in [5, 5.41) is 14.5. The van der Waals surface area contributed by atoms with Crippen molar-refractivity contribution in [3.8, 4) is 0 Å². The van der Waals surface area contributed by atoms with E-state index >= 15 is 0 Å². The molecule has 0 amide bonds. The van der Waals surface area contributed by atoms with Gasteiger partial charge >= 0.3 is 5.69 Å². The molecule has 0 aliphatic rings. The van der Waals surface area contributed by atoms with E-state index in [1.54, 1.807) is 6.08 Å². The quantitative estimate of drug-likeness (QED) is 0.612. The molecule has 5 heteroatoms. The van der Waals surface area contributed by atoms with Gasteiger partial charge in [-0.15, -0.1) is 0 Å². The molecule has 0 fully saturated rings. The van der Waals surface area contributed by atoms with Gasteiger partial charge in [0.2, 0.25) is 5.76 Å². The van der Waals surface area contributed by atoms with Gasteiger partial charge in [0.05, 0.1) is 4.92 Å². The number of aryl methyl sites for hydroxylation is 1. The van der Waals surface area contributed by atoms with E-state index in [0.717, 1.165) is 5.56 Å². The molecule has 2 aromatic rings. The molecule has 1 aromatic carbocycles. The predicted molar refractivity (Wildman–Crippen MR) is 67.1 cm³/mol. The Morgan fingerprint density at radius 1 is 1.39 bits per heavy atom. The zero-order valence-electron chi connectivity index (χ0n) is 9.87. The highest BCUT2D eigenvalue weighted by Crippen LogP contribution is 2.23. The van der Waals surface area contributed by atoms with Crippen LogP contribution in [0.25, 0.3) is 6.08 Å². The third-order valence-electron chi connectivity index (χ3n) is 2.51. The van der Waals surface area contributed by atoms with Gasteiger partial charge < -0.3 is 4.52 Å². The van der Waals surface area contributed by atoms with Crippen molar-refractivity contribution in [3.63, 3.8) is 0 Å². The fraction of sp³-hybridized carbons (Fsp3) is 0.154. The SMILES string of the molecule is Cc1onc(C=CCc2ccccc2)c1[N+](=O)[O-]. The lowest BCUT2D eigenvalue weighted by Crippen LogP contribution is -1.90. The monoisotopic (exact) mass is 244 g/mol. The first kappa shape index (κ1) is 12.0. The Bertz CT molecular complexity index is 573. The summed E-state index contributed by atoms with van der Waals surface area (Å²) >= 11 is 0. The van der Waals surface area contributed by atoms with Gasteiger partial charge in [-0.05, 0) is 18.1 Å². The molecule has 92 valence electrons. The van der Waals surface area contributed by atoms with E-state index in [2.05, 4.69) is 5.16 Å². The molecule has 0 aliphatic heterocycles. The standard InChI is InChI=1S/C13H12N2O3/c1-10-13(15(16)17)12(14-18-10)9-5-8-11-6-3-2-4-7-11/h2-7,9H,8H2,1H3. The van der Waals surface area contributed by atoms with E-state index in [9.17, 15) is 10.1 Å². The van der Waals surface area contributed by atoms with Crippen molar-refractivity contribution in [2.75, 3.05) is 0 Å². The van der Waals surface area contributed by atoms with Crippen molar-refractivity contribution >= 4 is 11.8 Å². The summed E-state index contributed by atoms with van der Waals surface area (Å²) in [4.78, 5) is 10.3. The first-order chi connectivity index (χ1) is 8.68. The summed E-state index contributed by atoms with van der Waals surface area (Å²) in [6.07, 6.45) is 4.14. The first-order valence-electron chi connectivity index (χ1n) is 5.49. The molecule has 0 saturated heterocycles. The highest BCUT2D eigenvalue weighted by molar-refractivity contribution is 5.57. The van der Waals surface area contributed by atoms with Crippen LogP contribution in [0.5, 0.6) is 0 Å². The molecule has 2 rings (SSSR count). The molecule has 18 heavy (non-hydrogen) atoms. The van der Waals surface area contributed by atoms with E-state index in [1.807, 2.05) is 36.4 Å². The van der Waals surface area contributed by atoms with Gasteiger partial charge in [0, 0.05) is 6.92 Å². The lowest BCUT2D eigenvalue weighted by atomic mass is 10.1. The Hall–Kier alpha value is -2.43. The summed E-state index contributed by atoms with van der Waals surface area (Å²) in [5.74, 6) is 0.222. The second kappa shape index (κ2) is 5.27. The highest BCUT2D eigenvalue weighted by Gasteiger charge is 2.21. The maximum absolute atomic E-state index is 10.8. The van der Waals surface area contributed by atoms with Crippen LogP contribution in [-0.4, -0.2) is 10.1 Å². The van der Waals surface area contributed by atoms with Crippen LogP contribution in [-0.2, 0) is 6.42 Å². The van der Waals surface area contributed by atoms with E-state index in [-0.39, 0.29) is 17.1 Å². The average molecular weight is 244 g/mol. The molecule has 0 atom stereocenters. The average Bonchev–Trinajstić information content (AvgIpc) is 2.72. The van der Waals surface area contributed by atoms with Gasteiger partial charge in [0.15, 0.2) is 5.69 Å². The Balaban J connectivity index is 2.13. The Morgan fingerprint density at radius 3 is 2.78 bits per heavy atom. The minimum atomic E-state index is -0.478. The summed E-state index contributed by atoms with van der Waals surface area (Å²) in [6.45, 7) is 1.53. The first-order valence-corrected chi connectivity index (χ1v) is 5.49. The molecule has 0 aliphatic carbocycles. The summed E-state index contributed by atoms with van der Waals surface area (Å²) in [6, 6.07) is 9.83. The molecule has 0 N–H and O–H groups in total. The van der Waals surface area contributed by atoms with Crippen LogP contribution in [0.15, 0.2) is 40.9 Å². The van der Waals surface area contributed by atoms with Gasteiger partial charge in [-0.3, -0.25) is 10.1 Å². The van der Waals surface area contributed by atoms with Crippen LogP contribution in [0, 0.1) is 17.0 Å². The largest absolute Gasteiger partial charge is 0.354 e. The molecule has 0 spiro atoms. The maximum atomic E-state index is 10.8. The number of hydrogen-bond donors (Lipinski definition) is 0. The van der Waals surface area contributed by atoms with Gasteiger partial charge in [-0.25, -0.2) is 0 Å². The number of hydrogen-bond acceptors (Lipinski definition) is 4. The number of rotatable bonds is 4. The van der Waals surface area contributed by atoms with Crippen LogP contribution in [0.3, 0.4) is 0 Å². The number of benzene rings is 1. The molecule has 1 heterocycles. The van der Waals surface area contributed by atoms with E-state index in [0.29, 0.717) is 6.42 Å². The Labute approximate surface area is 104 Å². The van der Waals surface area contributed by atoms with Gasteiger partial charge in [0.1, 0.15) is 0 Å². The molecule has 0 unspecified atom stereocenters. The zero-order valence-corrected chi connectivity index (χ0v) is 9.87. The number of nitro groups is 1. The Morgan fingerprint density at radius 2 is 2.11 bits per heavy atom. The third kappa shape index (κ3) is 2.63. The van der Waals surface area contributed by atoms with Crippen LogP contribution in [0.2, 0.25) is 0 Å². The molecule has 0 bridgehead atoms. The summed E-state index contributed by atoms with van der Waals surface area (Å²) in [7, 11) is 0.